The van der Waals surface area contributed by atoms with E-state index in [1.807, 2.05) is 18.2 Å². The molecule has 1 aromatic rings. The second kappa shape index (κ2) is 3.62. The summed E-state index contributed by atoms with van der Waals surface area (Å²) in [6.07, 6.45) is 0. The second-order valence-electron chi connectivity index (χ2n) is 4.22. The molecule has 13 heavy (non-hydrogen) atoms. The molecule has 0 fully saturated rings. The van der Waals surface area contributed by atoms with Crippen LogP contribution in [-0.2, 0) is 12.0 Å². The molecule has 1 nitrogen and oxygen atoms in total. The molecule has 0 aliphatic carbocycles. The van der Waals surface area contributed by atoms with Gasteiger partial charge in [-0.3, -0.25) is 0 Å². The lowest BCUT2D eigenvalue weighted by Crippen LogP contribution is -2.13. The van der Waals surface area contributed by atoms with Crippen LogP contribution >= 0.6 is 0 Å². The van der Waals surface area contributed by atoms with Gasteiger partial charge in [-0.05, 0) is 11.0 Å². The van der Waals surface area contributed by atoms with Crippen molar-refractivity contribution in [2.24, 2.45) is 0 Å². The zero-order valence-corrected chi connectivity index (χ0v) is 8.46. The first-order valence-electron chi connectivity index (χ1n) is 4.47. The van der Waals surface area contributed by atoms with Crippen LogP contribution in [0.2, 0.25) is 0 Å². The van der Waals surface area contributed by atoms with E-state index in [4.69, 9.17) is 6.57 Å². The molecule has 0 aliphatic rings. The van der Waals surface area contributed by atoms with Gasteiger partial charge in [-0.2, -0.15) is 0 Å². The highest BCUT2D eigenvalue weighted by Gasteiger charge is 2.17. The standard InChI is InChI=1S/C12H15N/c1-12(2,3)11-8-6-5-7-10(11)9-13-4/h5-8H,9H2,1-3H3. The van der Waals surface area contributed by atoms with Gasteiger partial charge in [0.2, 0.25) is 6.54 Å². The number of hydrogen-bond donors (Lipinski definition) is 0. The molecule has 0 N–H and O–H groups in total. The summed E-state index contributed by atoms with van der Waals surface area (Å²) in [6, 6.07) is 8.18. The van der Waals surface area contributed by atoms with Gasteiger partial charge in [-0.15, -0.1) is 0 Å². The van der Waals surface area contributed by atoms with E-state index < -0.39 is 0 Å². The van der Waals surface area contributed by atoms with Gasteiger partial charge in [0.05, 0.1) is 0 Å². The Morgan fingerprint density at radius 1 is 1.23 bits per heavy atom. The number of rotatable bonds is 1. The van der Waals surface area contributed by atoms with Crippen molar-refractivity contribution in [1.82, 2.24) is 0 Å². The van der Waals surface area contributed by atoms with Crippen LogP contribution in [0.25, 0.3) is 4.85 Å². The lowest BCUT2D eigenvalue weighted by atomic mass is 9.84. The SMILES string of the molecule is [C-]#[N+]Cc1ccccc1C(C)(C)C. The summed E-state index contributed by atoms with van der Waals surface area (Å²) >= 11 is 0. The molecular weight excluding hydrogens is 158 g/mol. The highest BCUT2D eigenvalue weighted by atomic mass is 14.6. The predicted octanol–water partition coefficient (Wildman–Crippen LogP) is 3.40. The molecule has 1 rings (SSSR count). The van der Waals surface area contributed by atoms with Crippen molar-refractivity contribution in [2.75, 3.05) is 0 Å². The van der Waals surface area contributed by atoms with Gasteiger partial charge in [0.15, 0.2) is 0 Å². The van der Waals surface area contributed by atoms with Gasteiger partial charge in [-0.1, -0.05) is 45.0 Å². The Hall–Kier alpha value is -1.29. The first kappa shape index (κ1) is 9.80. The van der Waals surface area contributed by atoms with Gasteiger partial charge < -0.3 is 4.85 Å². The van der Waals surface area contributed by atoms with Crippen LogP contribution < -0.4 is 0 Å². The molecule has 0 amide bonds. The minimum absolute atomic E-state index is 0.140. The monoisotopic (exact) mass is 173 g/mol. The maximum atomic E-state index is 6.87. The summed E-state index contributed by atoms with van der Waals surface area (Å²) < 4.78 is 0. The first-order valence-corrected chi connectivity index (χ1v) is 4.47. The average molecular weight is 173 g/mol. The van der Waals surface area contributed by atoms with Gasteiger partial charge in [-0.25, -0.2) is 6.57 Å². The number of hydrogen-bond acceptors (Lipinski definition) is 0. The highest BCUT2D eigenvalue weighted by molar-refractivity contribution is 5.33. The Morgan fingerprint density at radius 3 is 2.38 bits per heavy atom. The van der Waals surface area contributed by atoms with E-state index in [1.54, 1.807) is 0 Å². The van der Waals surface area contributed by atoms with Crippen LogP contribution in [0.15, 0.2) is 24.3 Å². The predicted molar refractivity (Wildman–Crippen MR) is 55.4 cm³/mol. The molecule has 1 aromatic carbocycles. The van der Waals surface area contributed by atoms with E-state index in [0.717, 1.165) is 5.56 Å². The van der Waals surface area contributed by atoms with Gasteiger partial charge in [0.1, 0.15) is 0 Å². The van der Waals surface area contributed by atoms with Crippen LogP contribution in [-0.4, -0.2) is 0 Å². The molecule has 0 aromatic heterocycles. The molecule has 0 saturated heterocycles. The third-order valence-electron chi connectivity index (χ3n) is 2.07. The van der Waals surface area contributed by atoms with Gasteiger partial charge in [0.25, 0.3) is 0 Å². The molecule has 0 atom stereocenters. The summed E-state index contributed by atoms with van der Waals surface area (Å²) in [6.45, 7) is 13.9. The van der Waals surface area contributed by atoms with Crippen molar-refractivity contribution >= 4 is 0 Å². The largest absolute Gasteiger partial charge is 0.312 e. The van der Waals surface area contributed by atoms with Crippen LogP contribution in [0, 0.1) is 6.57 Å². The molecule has 0 aliphatic heterocycles. The molecule has 0 radical (unpaired) electrons. The fourth-order valence-electron chi connectivity index (χ4n) is 1.48. The molecule has 0 unspecified atom stereocenters. The summed E-state index contributed by atoms with van der Waals surface area (Å²) in [5, 5.41) is 0. The molecule has 0 heterocycles. The quantitative estimate of drug-likeness (QED) is 0.573. The van der Waals surface area contributed by atoms with Crippen molar-refractivity contribution in [3.8, 4) is 0 Å². The Balaban J connectivity index is 3.14. The van der Waals surface area contributed by atoms with Crippen LogP contribution in [0.5, 0.6) is 0 Å². The molecular formula is C12H15N. The van der Waals surface area contributed by atoms with E-state index in [0.29, 0.717) is 6.54 Å². The summed E-state index contributed by atoms with van der Waals surface area (Å²) in [5.41, 5.74) is 2.58. The van der Waals surface area contributed by atoms with Gasteiger partial charge in [0, 0.05) is 5.56 Å². The van der Waals surface area contributed by atoms with Crippen LogP contribution in [0.3, 0.4) is 0 Å². The number of benzene rings is 1. The second-order valence-corrected chi connectivity index (χ2v) is 4.22. The lowest BCUT2D eigenvalue weighted by molar-refractivity contribution is 0.584. The third-order valence-corrected chi connectivity index (χ3v) is 2.07. The van der Waals surface area contributed by atoms with E-state index in [9.17, 15) is 0 Å². The third kappa shape index (κ3) is 2.32. The maximum Gasteiger partial charge on any atom is 0.240 e. The molecule has 68 valence electrons. The minimum Gasteiger partial charge on any atom is -0.312 e. The van der Waals surface area contributed by atoms with Gasteiger partial charge >= 0.3 is 0 Å². The van der Waals surface area contributed by atoms with Crippen LogP contribution in [0.4, 0.5) is 0 Å². The normalized spacial score (nSPS) is 10.9. The highest BCUT2D eigenvalue weighted by Crippen LogP contribution is 2.25. The molecule has 1 heteroatoms. The Labute approximate surface area is 80.2 Å². The minimum atomic E-state index is 0.140. The number of nitrogens with zero attached hydrogens (tertiary/aromatic N) is 1. The Bertz CT molecular complexity index is 326. The maximum absolute atomic E-state index is 6.87. The fraction of sp³-hybridized carbons (Fsp3) is 0.417. The Kier molecular flexibility index (Phi) is 2.72. The average Bonchev–Trinajstić information content (AvgIpc) is 2.04. The van der Waals surface area contributed by atoms with Crippen LogP contribution in [0.1, 0.15) is 31.9 Å². The smallest absolute Gasteiger partial charge is 0.240 e. The fourth-order valence-corrected chi connectivity index (χ4v) is 1.48. The van der Waals surface area contributed by atoms with E-state index in [-0.39, 0.29) is 5.41 Å². The summed E-state index contributed by atoms with van der Waals surface area (Å²) in [7, 11) is 0. The first-order chi connectivity index (χ1) is 6.05. The summed E-state index contributed by atoms with van der Waals surface area (Å²) in [5.74, 6) is 0. The van der Waals surface area contributed by atoms with Crippen molar-refractivity contribution in [3.05, 3.63) is 46.8 Å². The lowest BCUT2D eigenvalue weighted by Gasteiger charge is -2.20. The summed E-state index contributed by atoms with van der Waals surface area (Å²) in [4.78, 5) is 3.43. The van der Waals surface area contributed by atoms with Crippen molar-refractivity contribution < 1.29 is 0 Å². The van der Waals surface area contributed by atoms with Crippen molar-refractivity contribution in [2.45, 2.75) is 32.7 Å². The van der Waals surface area contributed by atoms with E-state index in [2.05, 4.69) is 31.7 Å². The zero-order valence-electron chi connectivity index (χ0n) is 8.46. The van der Waals surface area contributed by atoms with E-state index >= 15 is 0 Å². The molecule has 0 saturated carbocycles. The Morgan fingerprint density at radius 2 is 1.85 bits per heavy atom. The zero-order chi connectivity index (χ0) is 9.90. The molecule has 0 bridgehead atoms. The van der Waals surface area contributed by atoms with E-state index in [1.165, 1.54) is 5.56 Å². The molecule has 0 spiro atoms. The topological polar surface area (TPSA) is 4.36 Å². The van der Waals surface area contributed by atoms with Crippen molar-refractivity contribution in [3.63, 3.8) is 0 Å². The van der Waals surface area contributed by atoms with Crippen molar-refractivity contribution in [1.29, 1.82) is 0 Å².